The highest BCUT2D eigenvalue weighted by molar-refractivity contribution is 7.98. The topological polar surface area (TPSA) is 66.5 Å². The van der Waals surface area contributed by atoms with Crippen molar-refractivity contribution < 1.29 is 13.2 Å². The van der Waals surface area contributed by atoms with E-state index in [0.717, 1.165) is 17.7 Å². The van der Waals surface area contributed by atoms with Gasteiger partial charge in [-0.2, -0.15) is 0 Å². The summed E-state index contributed by atoms with van der Waals surface area (Å²) in [5.74, 6) is 0.520. The molecule has 0 aliphatic rings. The highest BCUT2D eigenvalue weighted by Gasteiger charge is 2.18. The number of amides is 1. The number of carbonyl (C=O) groups is 1. The molecule has 0 aliphatic carbocycles. The maximum atomic E-state index is 12.2. The largest absolute Gasteiger partial charge is 0.356 e. The SMILES string of the molecule is CCCC[C@H](CC)CNC(=O)CCCN(c1cccc(SC)c1)S(C)(=O)=O. The molecule has 0 heterocycles. The molecule has 0 saturated heterocycles. The van der Waals surface area contributed by atoms with E-state index >= 15 is 0 Å². The highest BCUT2D eigenvalue weighted by atomic mass is 32.2. The molecular formula is C20H34N2O3S2. The zero-order valence-corrected chi connectivity index (χ0v) is 18.7. The summed E-state index contributed by atoms with van der Waals surface area (Å²) in [6.45, 7) is 5.34. The minimum atomic E-state index is -3.39. The van der Waals surface area contributed by atoms with Crippen molar-refractivity contribution in [2.24, 2.45) is 5.92 Å². The van der Waals surface area contributed by atoms with Crippen LogP contribution in [0.5, 0.6) is 0 Å². The van der Waals surface area contributed by atoms with E-state index in [1.54, 1.807) is 17.8 Å². The third kappa shape index (κ3) is 9.02. The lowest BCUT2D eigenvalue weighted by Crippen LogP contribution is -2.33. The Bertz CT molecular complexity index is 678. The molecule has 0 aromatic heterocycles. The lowest BCUT2D eigenvalue weighted by atomic mass is 9.99. The van der Waals surface area contributed by atoms with Crippen LogP contribution in [-0.2, 0) is 14.8 Å². The summed E-state index contributed by atoms with van der Waals surface area (Å²) in [4.78, 5) is 13.1. The number of unbranched alkanes of at least 4 members (excludes halogenated alkanes) is 1. The first kappa shape index (κ1) is 23.8. The number of rotatable bonds is 13. The number of anilines is 1. The average Bonchev–Trinajstić information content (AvgIpc) is 2.64. The molecule has 0 unspecified atom stereocenters. The average molecular weight is 415 g/mol. The van der Waals surface area contributed by atoms with E-state index in [4.69, 9.17) is 0 Å². The first-order valence-electron chi connectivity index (χ1n) is 9.70. The summed E-state index contributed by atoms with van der Waals surface area (Å²) >= 11 is 1.57. The van der Waals surface area contributed by atoms with Gasteiger partial charge >= 0.3 is 0 Å². The van der Waals surface area contributed by atoms with Crippen molar-refractivity contribution in [1.82, 2.24) is 5.32 Å². The van der Waals surface area contributed by atoms with Gasteiger partial charge in [-0.3, -0.25) is 9.10 Å². The van der Waals surface area contributed by atoms with Crippen LogP contribution in [0.2, 0.25) is 0 Å². The van der Waals surface area contributed by atoms with Gasteiger partial charge in [0.25, 0.3) is 0 Å². The number of hydrogen-bond acceptors (Lipinski definition) is 4. The molecule has 0 radical (unpaired) electrons. The first-order valence-corrected chi connectivity index (χ1v) is 12.8. The van der Waals surface area contributed by atoms with Crippen LogP contribution in [0.25, 0.3) is 0 Å². The second kappa shape index (κ2) is 12.3. The summed E-state index contributed by atoms with van der Waals surface area (Å²) in [6.07, 6.45) is 8.55. The second-order valence-corrected chi connectivity index (χ2v) is 9.65. The lowest BCUT2D eigenvalue weighted by Gasteiger charge is -2.23. The van der Waals surface area contributed by atoms with Gasteiger partial charge in [-0.15, -0.1) is 11.8 Å². The fourth-order valence-electron chi connectivity index (χ4n) is 2.93. The predicted molar refractivity (Wildman–Crippen MR) is 116 cm³/mol. The van der Waals surface area contributed by atoms with Gasteiger partial charge in [-0.25, -0.2) is 8.42 Å². The van der Waals surface area contributed by atoms with Gasteiger partial charge in [-0.1, -0.05) is 39.2 Å². The molecule has 154 valence electrons. The fourth-order valence-corrected chi connectivity index (χ4v) is 4.34. The van der Waals surface area contributed by atoms with Gasteiger partial charge in [0.2, 0.25) is 15.9 Å². The molecule has 1 atom stereocenters. The van der Waals surface area contributed by atoms with E-state index in [1.165, 1.54) is 23.4 Å². The van der Waals surface area contributed by atoms with Crippen LogP contribution in [0.3, 0.4) is 0 Å². The second-order valence-electron chi connectivity index (χ2n) is 6.86. The van der Waals surface area contributed by atoms with E-state index in [0.29, 0.717) is 37.5 Å². The van der Waals surface area contributed by atoms with Crippen molar-refractivity contribution in [3.8, 4) is 0 Å². The Morgan fingerprint density at radius 3 is 2.59 bits per heavy atom. The molecule has 1 rings (SSSR count). The monoisotopic (exact) mass is 414 g/mol. The molecule has 0 saturated carbocycles. The molecule has 27 heavy (non-hydrogen) atoms. The maximum Gasteiger partial charge on any atom is 0.232 e. The Morgan fingerprint density at radius 2 is 2.00 bits per heavy atom. The Hall–Kier alpha value is -1.21. The summed E-state index contributed by atoms with van der Waals surface area (Å²) in [5, 5.41) is 3.00. The van der Waals surface area contributed by atoms with Crippen LogP contribution < -0.4 is 9.62 Å². The molecule has 1 amide bonds. The van der Waals surface area contributed by atoms with Crippen LogP contribution >= 0.6 is 11.8 Å². The Labute approximate surface area is 169 Å². The zero-order valence-electron chi connectivity index (χ0n) is 17.0. The van der Waals surface area contributed by atoms with E-state index in [-0.39, 0.29) is 5.91 Å². The maximum absolute atomic E-state index is 12.2. The van der Waals surface area contributed by atoms with Crippen LogP contribution in [0.15, 0.2) is 29.2 Å². The molecule has 1 N–H and O–H groups in total. The van der Waals surface area contributed by atoms with Crippen molar-refractivity contribution in [3.63, 3.8) is 0 Å². The van der Waals surface area contributed by atoms with Crippen LogP contribution in [0.1, 0.15) is 52.4 Å². The number of hydrogen-bond donors (Lipinski definition) is 1. The van der Waals surface area contributed by atoms with Gasteiger partial charge in [0, 0.05) is 24.4 Å². The van der Waals surface area contributed by atoms with Gasteiger partial charge in [0.15, 0.2) is 0 Å². The van der Waals surface area contributed by atoms with Crippen LogP contribution in [0, 0.1) is 5.92 Å². The minimum Gasteiger partial charge on any atom is -0.356 e. The summed E-state index contributed by atoms with van der Waals surface area (Å²) < 4.78 is 25.7. The number of sulfonamides is 1. The quantitative estimate of drug-likeness (QED) is 0.489. The smallest absolute Gasteiger partial charge is 0.232 e. The van der Waals surface area contributed by atoms with Gasteiger partial charge < -0.3 is 5.32 Å². The van der Waals surface area contributed by atoms with Gasteiger partial charge in [-0.05, 0) is 43.2 Å². The first-order chi connectivity index (χ1) is 12.8. The summed E-state index contributed by atoms with van der Waals surface area (Å²) in [6, 6.07) is 7.46. The van der Waals surface area contributed by atoms with Crippen molar-refractivity contribution in [2.45, 2.75) is 57.3 Å². The molecule has 7 heteroatoms. The van der Waals surface area contributed by atoms with Crippen molar-refractivity contribution in [3.05, 3.63) is 24.3 Å². The predicted octanol–water partition coefficient (Wildman–Crippen LogP) is 4.29. The van der Waals surface area contributed by atoms with Gasteiger partial charge in [0.05, 0.1) is 11.9 Å². The molecule has 0 fully saturated rings. The Kier molecular flexibility index (Phi) is 10.8. The molecular weight excluding hydrogens is 380 g/mol. The standard InChI is InChI=1S/C20H34N2O3S2/c1-5-7-10-17(6-2)16-21-20(23)13-9-14-22(27(4,24)25)18-11-8-12-19(15-18)26-3/h8,11-12,15,17H,5-7,9-10,13-14,16H2,1-4H3,(H,21,23)/t17-/m0/s1. The molecule has 0 spiro atoms. The fraction of sp³-hybridized carbons (Fsp3) is 0.650. The summed E-state index contributed by atoms with van der Waals surface area (Å²) in [5.41, 5.74) is 0.648. The van der Waals surface area contributed by atoms with E-state index < -0.39 is 10.0 Å². The van der Waals surface area contributed by atoms with E-state index in [1.807, 2.05) is 24.5 Å². The Balaban J connectivity index is 2.55. The third-order valence-corrected chi connectivity index (χ3v) is 6.56. The third-order valence-electron chi connectivity index (χ3n) is 4.64. The normalized spacial score (nSPS) is 12.6. The molecule has 1 aromatic rings. The van der Waals surface area contributed by atoms with Crippen molar-refractivity contribution >= 4 is 33.4 Å². The number of nitrogens with zero attached hydrogens (tertiary/aromatic N) is 1. The lowest BCUT2D eigenvalue weighted by molar-refractivity contribution is -0.121. The number of thioether (sulfide) groups is 1. The highest BCUT2D eigenvalue weighted by Crippen LogP contribution is 2.24. The van der Waals surface area contributed by atoms with Crippen molar-refractivity contribution in [2.75, 3.05) is 29.9 Å². The van der Waals surface area contributed by atoms with Gasteiger partial charge in [0.1, 0.15) is 0 Å². The summed E-state index contributed by atoms with van der Waals surface area (Å²) in [7, 11) is -3.39. The van der Waals surface area contributed by atoms with E-state index in [9.17, 15) is 13.2 Å². The number of nitrogens with one attached hydrogen (secondary N) is 1. The molecule has 0 aliphatic heterocycles. The molecule has 0 bridgehead atoms. The van der Waals surface area contributed by atoms with E-state index in [2.05, 4.69) is 19.2 Å². The minimum absolute atomic E-state index is 0.00346. The number of benzene rings is 1. The van der Waals surface area contributed by atoms with Crippen molar-refractivity contribution in [1.29, 1.82) is 0 Å². The van der Waals surface area contributed by atoms with Crippen LogP contribution in [-0.4, -0.2) is 39.9 Å². The zero-order chi connectivity index (χ0) is 20.3. The van der Waals surface area contributed by atoms with Crippen LogP contribution in [0.4, 0.5) is 5.69 Å². The number of carbonyl (C=O) groups excluding carboxylic acids is 1. The molecule has 5 nitrogen and oxygen atoms in total. The Morgan fingerprint density at radius 1 is 1.26 bits per heavy atom. The molecule has 1 aromatic carbocycles.